The smallest absolute Gasteiger partial charge is 0.209 e. The second kappa shape index (κ2) is 6.70. The molecule has 0 amide bonds. The number of hydrogen-bond donors (Lipinski definition) is 1. The number of thioether (sulfide) groups is 1. The van der Waals surface area contributed by atoms with E-state index in [4.69, 9.17) is 0 Å². The van der Waals surface area contributed by atoms with Crippen molar-refractivity contribution in [3.05, 3.63) is 65.7 Å². The number of halogens is 2. The average Bonchev–Trinajstić information content (AvgIpc) is 3.02. The molecule has 0 fully saturated rings. The van der Waals surface area contributed by atoms with Gasteiger partial charge in [-0.1, -0.05) is 36.0 Å². The molecule has 0 spiro atoms. The molecule has 2 aromatic carbocycles. The number of aromatic nitrogens is 3. The van der Waals surface area contributed by atoms with Crippen LogP contribution in [-0.4, -0.2) is 26.7 Å². The third-order valence-electron chi connectivity index (χ3n) is 3.10. The van der Waals surface area contributed by atoms with Crippen LogP contribution in [0.3, 0.4) is 0 Å². The molecule has 4 nitrogen and oxygen atoms in total. The summed E-state index contributed by atoms with van der Waals surface area (Å²) in [5.74, 6) is -1.05. The van der Waals surface area contributed by atoms with E-state index in [1.807, 2.05) is 0 Å². The summed E-state index contributed by atoms with van der Waals surface area (Å²) in [5.41, 5.74) is 0.331. The van der Waals surface area contributed by atoms with Crippen LogP contribution in [0.1, 0.15) is 10.4 Å². The highest BCUT2D eigenvalue weighted by Crippen LogP contribution is 2.22. The predicted octanol–water partition coefficient (Wildman–Crippen LogP) is 3.72. The Morgan fingerprint density at radius 1 is 1.04 bits per heavy atom. The SMILES string of the molecule is O=C(CSc1n[nH]c(-c2ccccc2F)n1)c1ccccc1F. The molecular weight excluding hydrogens is 320 g/mol. The number of hydrogen-bond acceptors (Lipinski definition) is 4. The van der Waals surface area contributed by atoms with Crippen LogP contribution in [0.15, 0.2) is 53.7 Å². The van der Waals surface area contributed by atoms with Crippen molar-refractivity contribution in [3.63, 3.8) is 0 Å². The lowest BCUT2D eigenvalue weighted by Crippen LogP contribution is -2.05. The largest absolute Gasteiger partial charge is 0.293 e. The van der Waals surface area contributed by atoms with Gasteiger partial charge >= 0.3 is 0 Å². The Balaban J connectivity index is 1.70. The molecule has 0 bridgehead atoms. The molecule has 0 atom stereocenters. The van der Waals surface area contributed by atoms with Gasteiger partial charge in [0, 0.05) is 0 Å². The number of carbonyl (C=O) groups excluding carboxylic acids is 1. The number of nitrogens with zero attached hydrogens (tertiary/aromatic N) is 2. The number of aromatic amines is 1. The molecule has 0 aliphatic rings. The molecular formula is C16H11F2N3OS. The van der Waals surface area contributed by atoms with Crippen LogP contribution >= 0.6 is 11.8 Å². The maximum Gasteiger partial charge on any atom is 0.209 e. The zero-order chi connectivity index (χ0) is 16.2. The maximum atomic E-state index is 13.7. The van der Waals surface area contributed by atoms with Crippen LogP contribution < -0.4 is 0 Å². The quantitative estimate of drug-likeness (QED) is 0.572. The standard InChI is InChI=1S/C16H11F2N3OS/c17-12-7-3-1-5-10(12)14(22)9-23-16-19-15(20-21-16)11-6-2-4-8-13(11)18/h1-8H,9H2,(H,19,20,21). The minimum Gasteiger partial charge on any atom is -0.293 e. The van der Waals surface area contributed by atoms with E-state index < -0.39 is 11.6 Å². The summed E-state index contributed by atoms with van der Waals surface area (Å²) in [4.78, 5) is 16.1. The third-order valence-corrected chi connectivity index (χ3v) is 3.95. The van der Waals surface area contributed by atoms with E-state index >= 15 is 0 Å². The molecule has 1 N–H and O–H groups in total. The number of Topliss-reactive ketones (excluding diaryl/α,β-unsaturated/α-hetero) is 1. The highest BCUT2D eigenvalue weighted by Gasteiger charge is 2.14. The fraction of sp³-hybridized carbons (Fsp3) is 0.0625. The van der Waals surface area contributed by atoms with Crippen molar-refractivity contribution in [1.29, 1.82) is 0 Å². The second-order valence-corrected chi connectivity index (χ2v) is 5.58. The van der Waals surface area contributed by atoms with E-state index in [1.165, 1.54) is 24.3 Å². The Morgan fingerprint density at radius 2 is 1.74 bits per heavy atom. The van der Waals surface area contributed by atoms with Crippen molar-refractivity contribution in [2.45, 2.75) is 5.16 Å². The number of nitrogens with one attached hydrogen (secondary N) is 1. The third kappa shape index (κ3) is 3.45. The molecule has 0 saturated carbocycles. The first-order chi connectivity index (χ1) is 11.1. The van der Waals surface area contributed by atoms with E-state index in [2.05, 4.69) is 15.2 Å². The normalized spacial score (nSPS) is 10.7. The zero-order valence-corrected chi connectivity index (χ0v) is 12.6. The Morgan fingerprint density at radius 3 is 2.48 bits per heavy atom. The summed E-state index contributed by atoms with van der Waals surface area (Å²) in [5, 5.41) is 6.87. The fourth-order valence-corrected chi connectivity index (χ4v) is 2.66. The van der Waals surface area contributed by atoms with Gasteiger partial charge in [-0.15, -0.1) is 5.10 Å². The first kappa shape index (κ1) is 15.4. The van der Waals surface area contributed by atoms with Crippen molar-refractivity contribution < 1.29 is 13.6 Å². The van der Waals surface area contributed by atoms with Gasteiger partial charge < -0.3 is 0 Å². The maximum absolute atomic E-state index is 13.7. The highest BCUT2D eigenvalue weighted by molar-refractivity contribution is 7.99. The summed E-state index contributed by atoms with van der Waals surface area (Å²) >= 11 is 1.06. The Kier molecular flexibility index (Phi) is 4.47. The zero-order valence-electron chi connectivity index (χ0n) is 11.8. The van der Waals surface area contributed by atoms with Crippen LogP contribution in [0.5, 0.6) is 0 Å². The van der Waals surface area contributed by atoms with Gasteiger partial charge in [0.1, 0.15) is 11.6 Å². The van der Waals surface area contributed by atoms with Gasteiger partial charge in [0.2, 0.25) is 5.16 Å². The van der Waals surface area contributed by atoms with Crippen molar-refractivity contribution in [1.82, 2.24) is 15.2 Å². The van der Waals surface area contributed by atoms with Gasteiger partial charge in [0.05, 0.1) is 16.9 Å². The number of carbonyl (C=O) groups is 1. The summed E-state index contributed by atoms with van der Waals surface area (Å²) < 4.78 is 27.2. The van der Waals surface area contributed by atoms with Crippen LogP contribution in [0.4, 0.5) is 8.78 Å². The average molecular weight is 331 g/mol. The molecule has 0 radical (unpaired) electrons. The van der Waals surface area contributed by atoms with Crippen LogP contribution in [-0.2, 0) is 0 Å². The van der Waals surface area contributed by atoms with Crippen molar-refractivity contribution in [2.75, 3.05) is 5.75 Å². The summed E-state index contributed by atoms with van der Waals surface area (Å²) in [7, 11) is 0. The molecule has 0 aliphatic heterocycles. The molecule has 3 rings (SSSR count). The van der Waals surface area contributed by atoms with Gasteiger partial charge in [-0.25, -0.2) is 13.8 Å². The Bertz CT molecular complexity index is 851. The van der Waals surface area contributed by atoms with Gasteiger partial charge in [0.15, 0.2) is 11.6 Å². The monoisotopic (exact) mass is 331 g/mol. The molecule has 0 aliphatic carbocycles. The summed E-state index contributed by atoms with van der Waals surface area (Å²) in [6.45, 7) is 0. The number of ketones is 1. The van der Waals surface area contributed by atoms with Crippen LogP contribution in [0.25, 0.3) is 11.4 Å². The lowest BCUT2D eigenvalue weighted by Gasteiger charge is -2.00. The molecule has 1 aromatic heterocycles. The van der Waals surface area contributed by atoms with Gasteiger partial charge in [0.25, 0.3) is 0 Å². The molecule has 3 aromatic rings. The molecule has 0 unspecified atom stereocenters. The lowest BCUT2D eigenvalue weighted by molar-refractivity contribution is 0.101. The van der Waals surface area contributed by atoms with Gasteiger partial charge in [-0.3, -0.25) is 9.89 Å². The summed E-state index contributed by atoms with van der Waals surface area (Å²) in [6.07, 6.45) is 0. The first-order valence-corrected chi connectivity index (χ1v) is 7.71. The minimum absolute atomic E-state index is 0.00447. The number of H-pyrrole nitrogens is 1. The fourth-order valence-electron chi connectivity index (χ4n) is 1.98. The molecule has 23 heavy (non-hydrogen) atoms. The van der Waals surface area contributed by atoms with Crippen LogP contribution in [0.2, 0.25) is 0 Å². The van der Waals surface area contributed by atoms with E-state index in [9.17, 15) is 13.6 Å². The number of benzene rings is 2. The first-order valence-electron chi connectivity index (χ1n) is 6.73. The Hall–Kier alpha value is -2.54. The van der Waals surface area contributed by atoms with Crippen molar-refractivity contribution in [2.24, 2.45) is 0 Å². The summed E-state index contributed by atoms with van der Waals surface area (Å²) in [6, 6.07) is 12.0. The van der Waals surface area contributed by atoms with E-state index in [1.54, 1.807) is 24.3 Å². The molecule has 7 heteroatoms. The second-order valence-electron chi connectivity index (χ2n) is 4.64. The molecule has 0 saturated heterocycles. The molecule has 116 valence electrons. The molecule has 1 heterocycles. The van der Waals surface area contributed by atoms with E-state index in [-0.39, 0.29) is 22.9 Å². The Labute approximate surface area is 135 Å². The van der Waals surface area contributed by atoms with Gasteiger partial charge in [-0.05, 0) is 24.3 Å². The van der Waals surface area contributed by atoms with Gasteiger partial charge in [-0.2, -0.15) is 0 Å². The highest BCUT2D eigenvalue weighted by atomic mass is 32.2. The van der Waals surface area contributed by atoms with E-state index in [0.29, 0.717) is 10.7 Å². The lowest BCUT2D eigenvalue weighted by atomic mass is 10.1. The predicted molar refractivity (Wildman–Crippen MR) is 83.2 cm³/mol. The van der Waals surface area contributed by atoms with Crippen molar-refractivity contribution in [3.8, 4) is 11.4 Å². The number of rotatable bonds is 5. The van der Waals surface area contributed by atoms with Crippen LogP contribution in [0, 0.1) is 11.6 Å². The topological polar surface area (TPSA) is 58.6 Å². The van der Waals surface area contributed by atoms with Crippen molar-refractivity contribution >= 4 is 17.5 Å². The van der Waals surface area contributed by atoms with E-state index in [0.717, 1.165) is 11.8 Å². The minimum atomic E-state index is -0.555.